The molecule has 0 atom stereocenters. The summed E-state index contributed by atoms with van der Waals surface area (Å²) in [6.45, 7) is 3.67. The van der Waals surface area contributed by atoms with E-state index in [1.807, 2.05) is 19.1 Å². The van der Waals surface area contributed by atoms with Crippen LogP contribution in [-0.2, 0) is 10.0 Å². The van der Waals surface area contributed by atoms with E-state index in [0.717, 1.165) is 11.1 Å². The largest absolute Gasteiger partial charge is 0.497 e. The van der Waals surface area contributed by atoms with Gasteiger partial charge in [-0.15, -0.1) is 0 Å². The molecular weight excluding hydrogens is 424 g/mol. The van der Waals surface area contributed by atoms with Crippen molar-refractivity contribution in [2.24, 2.45) is 0 Å². The standard InChI is InChI=1S/C22H21ClN2O4S/c1-14-7-8-15(2)20(11-14)25-30(27,28)21-12-16(9-10-19(21)23)22(26)24-17-5-4-6-18(13-17)29-3/h4-13,25H,1-3H3,(H,24,26). The number of carbonyl (C=O) groups excluding carboxylic acids is 1. The molecule has 0 aliphatic carbocycles. The van der Waals surface area contributed by atoms with Gasteiger partial charge in [-0.25, -0.2) is 8.42 Å². The van der Waals surface area contributed by atoms with Crippen molar-refractivity contribution < 1.29 is 17.9 Å². The maximum absolute atomic E-state index is 13.0. The second-order valence-corrected chi connectivity index (χ2v) is 8.81. The van der Waals surface area contributed by atoms with E-state index in [9.17, 15) is 13.2 Å². The van der Waals surface area contributed by atoms with Crippen molar-refractivity contribution in [2.45, 2.75) is 18.7 Å². The van der Waals surface area contributed by atoms with Crippen LogP contribution in [0.5, 0.6) is 5.75 Å². The number of halogens is 1. The zero-order chi connectivity index (χ0) is 21.9. The molecule has 0 unspecified atom stereocenters. The van der Waals surface area contributed by atoms with Gasteiger partial charge in [0.05, 0.1) is 17.8 Å². The number of hydrogen-bond acceptors (Lipinski definition) is 4. The van der Waals surface area contributed by atoms with Crippen LogP contribution in [0.25, 0.3) is 0 Å². The molecule has 0 saturated carbocycles. The molecule has 3 rings (SSSR count). The molecule has 0 bridgehead atoms. The summed E-state index contributed by atoms with van der Waals surface area (Å²) in [5, 5.41) is 2.74. The predicted octanol–water partition coefficient (Wildman–Crippen LogP) is 5.02. The SMILES string of the molecule is COc1cccc(NC(=O)c2ccc(Cl)c(S(=O)(=O)Nc3cc(C)ccc3C)c2)c1. The number of nitrogens with one attached hydrogen (secondary N) is 2. The molecule has 3 aromatic carbocycles. The number of benzene rings is 3. The summed E-state index contributed by atoms with van der Waals surface area (Å²) in [6.07, 6.45) is 0. The summed E-state index contributed by atoms with van der Waals surface area (Å²) >= 11 is 6.16. The fourth-order valence-electron chi connectivity index (χ4n) is 2.80. The lowest BCUT2D eigenvalue weighted by Crippen LogP contribution is -2.17. The van der Waals surface area contributed by atoms with Gasteiger partial charge in [0.25, 0.3) is 15.9 Å². The van der Waals surface area contributed by atoms with Crippen LogP contribution >= 0.6 is 11.6 Å². The van der Waals surface area contributed by atoms with Gasteiger partial charge in [0.15, 0.2) is 0 Å². The Bertz CT molecular complexity index is 1210. The summed E-state index contributed by atoms with van der Waals surface area (Å²) in [5.41, 5.74) is 2.82. The Morgan fingerprint density at radius 2 is 1.77 bits per heavy atom. The van der Waals surface area contributed by atoms with Gasteiger partial charge in [-0.3, -0.25) is 9.52 Å². The molecule has 0 aliphatic heterocycles. The van der Waals surface area contributed by atoms with Crippen molar-refractivity contribution in [3.8, 4) is 5.75 Å². The maximum atomic E-state index is 13.0. The number of amides is 1. The average Bonchev–Trinajstić information content (AvgIpc) is 2.70. The molecule has 0 saturated heterocycles. The lowest BCUT2D eigenvalue weighted by molar-refractivity contribution is 0.102. The van der Waals surface area contributed by atoms with Crippen molar-refractivity contribution in [3.05, 3.63) is 82.4 Å². The molecular formula is C22H21ClN2O4S. The van der Waals surface area contributed by atoms with Crippen LogP contribution in [0, 0.1) is 13.8 Å². The van der Waals surface area contributed by atoms with Gasteiger partial charge in [0.1, 0.15) is 10.6 Å². The molecule has 6 nitrogen and oxygen atoms in total. The first-order valence-electron chi connectivity index (χ1n) is 9.04. The van der Waals surface area contributed by atoms with Gasteiger partial charge in [-0.2, -0.15) is 0 Å². The Balaban J connectivity index is 1.90. The van der Waals surface area contributed by atoms with Gasteiger partial charge >= 0.3 is 0 Å². The van der Waals surface area contributed by atoms with Crippen molar-refractivity contribution in [1.82, 2.24) is 0 Å². The molecule has 30 heavy (non-hydrogen) atoms. The van der Waals surface area contributed by atoms with Gasteiger partial charge < -0.3 is 10.1 Å². The third-order valence-corrected chi connectivity index (χ3v) is 6.29. The minimum Gasteiger partial charge on any atom is -0.497 e. The third-order valence-electron chi connectivity index (χ3n) is 4.45. The second-order valence-electron chi connectivity index (χ2n) is 6.76. The number of aryl methyl sites for hydroxylation is 2. The van der Waals surface area contributed by atoms with Gasteiger partial charge in [0.2, 0.25) is 0 Å². The fourth-order valence-corrected chi connectivity index (χ4v) is 4.45. The monoisotopic (exact) mass is 444 g/mol. The third kappa shape index (κ3) is 4.93. The highest BCUT2D eigenvalue weighted by molar-refractivity contribution is 7.92. The lowest BCUT2D eigenvalue weighted by atomic mass is 10.1. The van der Waals surface area contributed by atoms with Crippen molar-refractivity contribution in [1.29, 1.82) is 0 Å². The molecule has 0 heterocycles. The highest BCUT2D eigenvalue weighted by atomic mass is 35.5. The van der Waals surface area contributed by atoms with Crippen LogP contribution in [0.3, 0.4) is 0 Å². The van der Waals surface area contributed by atoms with E-state index < -0.39 is 15.9 Å². The number of hydrogen-bond donors (Lipinski definition) is 2. The van der Waals surface area contributed by atoms with E-state index >= 15 is 0 Å². The smallest absolute Gasteiger partial charge is 0.263 e. The van der Waals surface area contributed by atoms with Crippen LogP contribution in [-0.4, -0.2) is 21.4 Å². The van der Waals surface area contributed by atoms with E-state index in [1.54, 1.807) is 37.3 Å². The summed E-state index contributed by atoms with van der Waals surface area (Å²) in [7, 11) is -2.48. The van der Waals surface area contributed by atoms with Crippen molar-refractivity contribution >= 4 is 38.9 Å². The summed E-state index contributed by atoms with van der Waals surface area (Å²) < 4.78 is 33.6. The predicted molar refractivity (Wildman–Crippen MR) is 119 cm³/mol. The van der Waals surface area contributed by atoms with Crippen LogP contribution in [0.15, 0.2) is 65.6 Å². The van der Waals surface area contributed by atoms with Gasteiger partial charge in [-0.05, 0) is 61.4 Å². The van der Waals surface area contributed by atoms with Gasteiger partial charge in [-0.1, -0.05) is 29.8 Å². The number of rotatable bonds is 6. The minimum atomic E-state index is -4.00. The molecule has 0 radical (unpaired) electrons. The zero-order valence-corrected chi connectivity index (χ0v) is 18.3. The Hall–Kier alpha value is -3.03. The van der Waals surface area contributed by atoms with E-state index in [4.69, 9.17) is 16.3 Å². The Morgan fingerprint density at radius 1 is 1.00 bits per heavy atom. The molecule has 8 heteroatoms. The van der Waals surface area contributed by atoms with E-state index in [0.29, 0.717) is 17.1 Å². The maximum Gasteiger partial charge on any atom is 0.263 e. The molecule has 3 aromatic rings. The lowest BCUT2D eigenvalue weighted by Gasteiger charge is -2.13. The first kappa shape index (κ1) is 21.7. The first-order valence-corrected chi connectivity index (χ1v) is 10.9. The normalized spacial score (nSPS) is 11.1. The van der Waals surface area contributed by atoms with Crippen LogP contribution in [0.1, 0.15) is 21.5 Å². The summed E-state index contributed by atoms with van der Waals surface area (Å²) in [6, 6.07) is 16.4. The number of anilines is 2. The molecule has 1 amide bonds. The fraction of sp³-hybridized carbons (Fsp3) is 0.136. The second kappa shape index (κ2) is 8.77. The number of sulfonamides is 1. The van der Waals surface area contributed by atoms with E-state index in [2.05, 4.69) is 10.0 Å². The van der Waals surface area contributed by atoms with Crippen LogP contribution in [0.4, 0.5) is 11.4 Å². The molecule has 0 aromatic heterocycles. The average molecular weight is 445 g/mol. The topological polar surface area (TPSA) is 84.5 Å². The Morgan fingerprint density at radius 3 is 2.50 bits per heavy atom. The van der Waals surface area contributed by atoms with Crippen molar-refractivity contribution in [3.63, 3.8) is 0 Å². The molecule has 2 N–H and O–H groups in total. The van der Waals surface area contributed by atoms with Gasteiger partial charge in [0, 0.05) is 17.3 Å². The molecule has 0 fully saturated rings. The van der Waals surface area contributed by atoms with Crippen LogP contribution < -0.4 is 14.8 Å². The quantitative estimate of drug-likeness (QED) is 0.559. The van der Waals surface area contributed by atoms with E-state index in [1.165, 1.54) is 25.3 Å². The summed E-state index contributed by atoms with van der Waals surface area (Å²) in [5.74, 6) is 0.119. The van der Waals surface area contributed by atoms with E-state index in [-0.39, 0.29) is 15.5 Å². The first-order chi connectivity index (χ1) is 14.2. The van der Waals surface area contributed by atoms with Crippen molar-refractivity contribution in [2.75, 3.05) is 17.1 Å². The highest BCUT2D eigenvalue weighted by Crippen LogP contribution is 2.27. The molecule has 0 spiro atoms. The number of ether oxygens (including phenoxy) is 1. The highest BCUT2D eigenvalue weighted by Gasteiger charge is 2.21. The summed E-state index contributed by atoms with van der Waals surface area (Å²) in [4.78, 5) is 12.5. The number of methoxy groups -OCH3 is 1. The zero-order valence-electron chi connectivity index (χ0n) is 16.7. The minimum absolute atomic E-state index is 0.0192. The Labute approximate surface area is 180 Å². The van der Waals surface area contributed by atoms with Crippen LogP contribution in [0.2, 0.25) is 5.02 Å². The molecule has 0 aliphatic rings. The number of carbonyl (C=O) groups is 1. The molecule has 156 valence electrons. The Kier molecular flexibility index (Phi) is 6.34.